The number of halogens is 1. The molecule has 1 amide bonds. The first-order valence-corrected chi connectivity index (χ1v) is 8.23. The fraction of sp³-hybridized carbons (Fsp3) is 0.444. The van der Waals surface area contributed by atoms with Gasteiger partial charge in [-0.2, -0.15) is 5.10 Å². The number of rotatable bonds is 5. The number of nitrogens with zero attached hydrogens (tertiary/aromatic N) is 2. The predicted molar refractivity (Wildman–Crippen MR) is 88.9 cm³/mol. The highest BCUT2D eigenvalue weighted by Crippen LogP contribution is 2.30. The number of aromatic amines is 1. The Kier molecular flexibility index (Phi) is 4.94. The summed E-state index contributed by atoms with van der Waals surface area (Å²) in [5, 5.41) is 6.65. The quantitative estimate of drug-likeness (QED) is 0.916. The van der Waals surface area contributed by atoms with Crippen LogP contribution < -0.4 is 4.90 Å². The van der Waals surface area contributed by atoms with Crippen LogP contribution in [0.2, 0.25) is 0 Å². The average Bonchev–Trinajstić information content (AvgIpc) is 3.24. The van der Waals surface area contributed by atoms with Gasteiger partial charge < -0.3 is 9.64 Å². The molecule has 1 aromatic heterocycles. The molecular formula is C18H22FN3O2. The Balaban J connectivity index is 1.88. The third kappa shape index (κ3) is 3.33. The summed E-state index contributed by atoms with van der Waals surface area (Å²) in [6.07, 6.45) is 3.82. The zero-order valence-corrected chi connectivity index (χ0v) is 13.9. The smallest absolute Gasteiger partial charge is 0.233 e. The monoisotopic (exact) mass is 331 g/mol. The summed E-state index contributed by atoms with van der Waals surface area (Å²) in [4.78, 5) is 14.8. The van der Waals surface area contributed by atoms with Gasteiger partial charge in [0.15, 0.2) is 0 Å². The van der Waals surface area contributed by atoms with Crippen LogP contribution in [-0.2, 0) is 16.1 Å². The molecule has 1 aliphatic rings. The van der Waals surface area contributed by atoms with Gasteiger partial charge in [-0.05, 0) is 18.4 Å². The Morgan fingerprint density at radius 3 is 2.92 bits per heavy atom. The number of nitrogens with one attached hydrogen (secondary N) is 1. The van der Waals surface area contributed by atoms with Crippen molar-refractivity contribution in [3.8, 4) is 0 Å². The van der Waals surface area contributed by atoms with E-state index in [-0.39, 0.29) is 36.2 Å². The van der Waals surface area contributed by atoms with Gasteiger partial charge in [0.05, 0.1) is 30.5 Å². The van der Waals surface area contributed by atoms with E-state index in [0.717, 1.165) is 0 Å². The molecule has 2 heterocycles. The molecular weight excluding hydrogens is 309 g/mol. The zero-order valence-electron chi connectivity index (χ0n) is 13.9. The Labute approximate surface area is 140 Å². The summed E-state index contributed by atoms with van der Waals surface area (Å²) in [5.74, 6) is -0.328. The van der Waals surface area contributed by atoms with Crippen molar-refractivity contribution in [3.63, 3.8) is 0 Å². The number of H-pyrrole nitrogens is 1. The second-order valence-corrected chi connectivity index (χ2v) is 6.45. The molecule has 24 heavy (non-hydrogen) atoms. The number of benzene rings is 1. The number of hydrogen-bond acceptors (Lipinski definition) is 3. The molecule has 128 valence electrons. The number of amides is 1. The second-order valence-electron chi connectivity index (χ2n) is 6.45. The predicted octanol–water partition coefficient (Wildman–Crippen LogP) is 3.14. The molecule has 0 radical (unpaired) electrons. The Hall–Kier alpha value is -2.21. The summed E-state index contributed by atoms with van der Waals surface area (Å²) in [5.41, 5.74) is 1.12. The fourth-order valence-electron chi connectivity index (χ4n) is 3.22. The molecule has 0 spiro atoms. The number of carbonyl (C=O) groups excluding carboxylic acids is 1. The van der Waals surface area contributed by atoms with Gasteiger partial charge in [-0.1, -0.05) is 32.0 Å². The van der Waals surface area contributed by atoms with E-state index in [1.807, 2.05) is 0 Å². The lowest BCUT2D eigenvalue weighted by Crippen LogP contribution is -2.40. The second kappa shape index (κ2) is 7.13. The SMILES string of the molecule is CC(C)[C@@H]1OCC[C@H]1C(=O)N(Cc1ccccc1F)c1cn[nH]c1. The molecule has 0 saturated carbocycles. The van der Waals surface area contributed by atoms with E-state index in [2.05, 4.69) is 24.0 Å². The molecule has 1 saturated heterocycles. The van der Waals surface area contributed by atoms with Crippen LogP contribution >= 0.6 is 0 Å². The van der Waals surface area contributed by atoms with Gasteiger partial charge in [-0.15, -0.1) is 0 Å². The van der Waals surface area contributed by atoms with Gasteiger partial charge in [0, 0.05) is 18.4 Å². The first kappa shape index (κ1) is 16.6. The van der Waals surface area contributed by atoms with E-state index in [1.54, 1.807) is 35.5 Å². The topological polar surface area (TPSA) is 58.2 Å². The molecule has 0 bridgehead atoms. The van der Waals surface area contributed by atoms with Gasteiger partial charge in [0.2, 0.25) is 5.91 Å². The third-order valence-corrected chi connectivity index (χ3v) is 4.46. The maximum absolute atomic E-state index is 14.1. The summed E-state index contributed by atoms with van der Waals surface area (Å²) >= 11 is 0. The number of aromatic nitrogens is 2. The van der Waals surface area contributed by atoms with E-state index in [1.165, 1.54) is 6.07 Å². The Bertz CT molecular complexity index is 687. The largest absolute Gasteiger partial charge is 0.377 e. The van der Waals surface area contributed by atoms with E-state index in [4.69, 9.17) is 4.74 Å². The van der Waals surface area contributed by atoms with Gasteiger partial charge in [-0.3, -0.25) is 9.89 Å². The van der Waals surface area contributed by atoms with Crippen molar-refractivity contribution in [2.45, 2.75) is 32.9 Å². The molecule has 1 fully saturated rings. The standard InChI is InChI=1S/C18H22FN3O2/c1-12(2)17-15(7-8-24-17)18(23)22(14-9-20-21-10-14)11-13-5-3-4-6-16(13)19/h3-6,9-10,12,15,17H,7-8,11H2,1-2H3,(H,20,21)/t15-,17+/m1/s1. The number of carbonyl (C=O) groups is 1. The summed E-state index contributed by atoms with van der Waals surface area (Å²) in [6.45, 7) is 4.86. The van der Waals surface area contributed by atoms with Crippen molar-refractivity contribution in [2.75, 3.05) is 11.5 Å². The third-order valence-electron chi connectivity index (χ3n) is 4.46. The van der Waals surface area contributed by atoms with Crippen LogP contribution in [-0.4, -0.2) is 28.8 Å². The van der Waals surface area contributed by atoms with E-state index in [9.17, 15) is 9.18 Å². The molecule has 6 heteroatoms. The van der Waals surface area contributed by atoms with Crippen LogP contribution in [0.25, 0.3) is 0 Å². The highest BCUT2D eigenvalue weighted by atomic mass is 19.1. The molecule has 0 aliphatic carbocycles. The maximum Gasteiger partial charge on any atom is 0.233 e. The van der Waals surface area contributed by atoms with Crippen molar-refractivity contribution >= 4 is 11.6 Å². The summed E-state index contributed by atoms with van der Waals surface area (Å²) in [6, 6.07) is 6.51. The van der Waals surface area contributed by atoms with Crippen LogP contribution in [0.15, 0.2) is 36.7 Å². The van der Waals surface area contributed by atoms with Gasteiger partial charge in [0.1, 0.15) is 5.82 Å². The lowest BCUT2D eigenvalue weighted by atomic mass is 9.91. The van der Waals surface area contributed by atoms with Crippen molar-refractivity contribution in [1.29, 1.82) is 0 Å². The highest BCUT2D eigenvalue weighted by Gasteiger charge is 2.39. The van der Waals surface area contributed by atoms with Crippen LogP contribution in [0.1, 0.15) is 25.8 Å². The van der Waals surface area contributed by atoms with E-state index in [0.29, 0.717) is 24.3 Å². The molecule has 2 aromatic rings. The van der Waals surface area contributed by atoms with Gasteiger partial charge in [-0.25, -0.2) is 4.39 Å². The van der Waals surface area contributed by atoms with Crippen LogP contribution in [0.3, 0.4) is 0 Å². The number of ether oxygens (including phenoxy) is 1. The molecule has 3 rings (SSSR count). The summed E-state index contributed by atoms with van der Waals surface area (Å²) in [7, 11) is 0. The van der Waals surface area contributed by atoms with Crippen LogP contribution in [0, 0.1) is 17.7 Å². The van der Waals surface area contributed by atoms with Crippen LogP contribution in [0.4, 0.5) is 10.1 Å². The van der Waals surface area contributed by atoms with Crippen molar-refractivity contribution in [2.24, 2.45) is 11.8 Å². The molecule has 0 unspecified atom stereocenters. The Morgan fingerprint density at radius 1 is 1.46 bits per heavy atom. The number of hydrogen-bond donors (Lipinski definition) is 1. The summed E-state index contributed by atoms with van der Waals surface area (Å²) < 4.78 is 19.8. The lowest BCUT2D eigenvalue weighted by Gasteiger charge is -2.28. The molecule has 1 N–H and O–H groups in total. The van der Waals surface area contributed by atoms with Crippen molar-refractivity contribution in [1.82, 2.24) is 10.2 Å². The number of anilines is 1. The minimum atomic E-state index is -0.318. The van der Waals surface area contributed by atoms with E-state index < -0.39 is 0 Å². The molecule has 1 aliphatic heterocycles. The van der Waals surface area contributed by atoms with Gasteiger partial charge in [0.25, 0.3) is 0 Å². The minimum absolute atomic E-state index is 0.0455. The highest BCUT2D eigenvalue weighted by molar-refractivity contribution is 5.95. The fourth-order valence-corrected chi connectivity index (χ4v) is 3.22. The molecule has 1 aromatic carbocycles. The first-order valence-electron chi connectivity index (χ1n) is 8.23. The zero-order chi connectivity index (χ0) is 17.1. The van der Waals surface area contributed by atoms with E-state index >= 15 is 0 Å². The molecule has 2 atom stereocenters. The maximum atomic E-state index is 14.1. The van der Waals surface area contributed by atoms with Crippen molar-refractivity contribution in [3.05, 3.63) is 48.0 Å². The van der Waals surface area contributed by atoms with Gasteiger partial charge >= 0.3 is 0 Å². The normalized spacial score (nSPS) is 20.5. The first-order chi connectivity index (χ1) is 11.6. The molecule has 5 nitrogen and oxygen atoms in total. The lowest BCUT2D eigenvalue weighted by molar-refractivity contribution is -0.125. The minimum Gasteiger partial charge on any atom is -0.377 e. The van der Waals surface area contributed by atoms with Crippen molar-refractivity contribution < 1.29 is 13.9 Å². The van der Waals surface area contributed by atoms with Crippen LogP contribution in [0.5, 0.6) is 0 Å². The average molecular weight is 331 g/mol. The Morgan fingerprint density at radius 2 is 2.25 bits per heavy atom.